The van der Waals surface area contributed by atoms with Gasteiger partial charge in [-0.2, -0.15) is 0 Å². The van der Waals surface area contributed by atoms with Crippen LogP contribution in [0.1, 0.15) is 19.2 Å². The highest BCUT2D eigenvalue weighted by atomic mass is 79.9. The SMILES string of the molecule is C/C=C/CCNc1cc(Br)nc(C)n1. The second kappa shape index (κ2) is 5.75. The Labute approximate surface area is 92.8 Å². The van der Waals surface area contributed by atoms with Crippen LogP contribution in [0.4, 0.5) is 5.82 Å². The van der Waals surface area contributed by atoms with Gasteiger partial charge in [-0.15, -0.1) is 0 Å². The summed E-state index contributed by atoms with van der Waals surface area (Å²) in [4.78, 5) is 8.39. The standard InChI is InChI=1S/C10H14BrN3/c1-3-4-5-6-12-10-7-9(11)13-8(2)14-10/h3-4,7H,5-6H2,1-2H3,(H,12,13,14)/b4-3+. The third kappa shape index (κ3) is 3.87. The Morgan fingerprint density at radius 3 is 2.93 bits per heavy atom. The van der Waals surface area contributed by atoms with Crippen LogP contribution >= 0.6 is 15.9 Å². The lowest BCUT2D eigenvalue weighted by molar-refractivity contribution is 0.992. The van der Waals surface area contributed by atoms with Crippen molar-refractivity contribution in [2.24, 2.45) is 0 Å². The van der Waals surface area contributed by atoms with E-state index >= 15 is 0 Å². The first-order chi connectivity index (χ1) is 6.72. The highest BCUT2D eigenvalue weighted by molar-refractivity contribution is 9.10. The maximum absolute atomic E-state index is 4.26. The van der Waals surface area contributed by atoms with Gasteiger partial charge in [-0.3, -0.25) is 0 Å². The van der Waals surface area contributed by atoms with Crippen molar-refractivity contribution in [2.75, 3.05) is 11.9 Å². The first-order valence-corrected chi connectivity index (χ1v) is 5.38. The smallest absolute Gasteiger partial charge is 0.130 e. The van der Waals surface area contributed by atoms with E-state index in [-0.39, 0.29) is 0 Å². The first-order valence-electron chi connectivity index (χ1n) is 4.58. The summed E-state index contributed by atoms with van der Waals surface area (Å²) in [5, 5.41) is 3.23. The van der Waals surface area contributed by atoms with E-state index < -0.39 is 0 Å². The first kappa shape index (κ1) is 11.2. The fourth-order valence-electron chi connectivity index (χ4n) is 1.07. The number of nitrogens with zero attached hydrogens (tertiary/aromatic N) is 2. The van der Waals surface area contributed by atoms with Crippen LogP contribution in [-0.4, -0.2) is 16.5 Å². The molecule has 0 saturated carbocycles. The lowest BCUT2D eigenvalue weighted by Gasteiger charge is -2.04. The highest BCUT2D eigenvalue weighted by Gasteiger charge is 1.97. The zero-order valence-corrected chi connectivity index (χ0v) is 10.0. The maximum Gasteiger partial charge on any atom is 0.130 e. The van der Waals surface area contributed by atoms with Crippen molar-refractivity contribution >= 4 is 21.7 Å². The average Bonchev–Trinajstić information content (AvgIpc) is 2.11. The molecule has 0 aliphatic carbocycles. The molecule has 14 heavy (non-hydrogen) atoms. The van der Waals surface area contributed by atoms with Gasteiger partial charge in [0.1, 0.15) is 16.2 Å². The summed E-state index contributed by atoms with van der Waals surface area (Å²) < 4.78 is 0.818. The molecule has 76 valence electrons. The van der Waals surface area contributed by atoms with Gasteiger partial charge in [0.15, 0.2) is 0 Å². The van der Waals surface area contributed by atoms with E-state index in [0.29, 0.717) is 0 Å². The van der Waals surface area contributed by atoms with Crippen molar-refractivity contribution in [3.8, 4) is 0 Å². The predicted molar refractivity (Wildman–Crippen MR) is 62.4 cm³/mol. The molecule has 0 bridgehead atoms. The van der Waals surface area contributed by atoms with Crippen LogP contribution < -0.4 is 5.32 Å². The van der Waals surface area contributed by atoms with Crippen molar-refractivity contribution in [1.29, 1.82) is 0 Å². The zero-order valence-electron chi connectivity index (χ0n) is 8.42. The van der Waals surface area contributed by atoms with E-state index in [1.807, 2.05) is 26.0 Å². The molecule has 1 aromatic heterocycles. The van der Waals surface area contributed by atoms with Gasteiger partial charge in [0.2, 0.25) is 0 Å². The third-order valence-corrected chi connectivity index (χ3v) is 2.07. The number of rotatable bonds is 4. The molecule has 0 spiro atoms. The highest BCUT2D eigenvalue weighted by Crippen LogP contribution is 2.11. The minimum Gasteiger partial charge on any atom is -0.370 e. The Hall–Kier alpha value is -0.900. The van der Waals surface area contributed by atoms with E-state index in [9.17, 15) is 0 Å². The topological polar surface area (TPSA) is 37.8 Å². The quantitative estimate of drug-likeness (QED) is 0.511. The van der Waals surface area contributed by atoms with Crippen molar-refractivity contribution in [3.63, 3.8) is 0 Å². The van der Waals surface area contributed by atoms with Crippen molar-refractivity contribution in [1.82, 2.24) is 9.97 Å². The van der Waals surface area contributed by atoms with Gasteiger partial charge < -0.3 is 5.32 Å². The second-order valence-electron chi connectivity index (χ2n) is 2.91. The Morgan fingerprint density at radius 1 is 1.50 bits per heavy atom. The summed E-state index contributed by atoms with van der Waals surface area (Å²) in [6.07, 6.45) is 5.18. The molecule has 0 atom stereocenters. The van der Waals surface area contributed by atoms with Gasteiger partial charge in [-0.25, -0.2) is 9.97 Å². The van der Waals surface area contributed by atoms with E-state index in [1.54, 1.807) is 0 Å². The van der Waals surface area contributed by atoms with E-state index in [1.165, 1.54) is 0 Å². The maximum atomic E-state index is 4.26. The molecule has 1 rings (SSSR count). The van der Waals surface area contributed by atoms with Gasteiger partial charge >= 0.3 is 0 Å². The van der Waals surface area contributed by atoms with Crippen molar-refractivity contribution < 1.29 is 0 Å². The minimum atomic E-state index is 0.771. The molecule has 0 fully saturated rings. The van der Waals surface area contributed by atoms with Crippen molar-refractivity contribution in [3.05, 3.63) is 28.6 Å². The normalized spacial score (nSPS) is 10.8. The van der Waals surface area contributed by atoms with Crippen LogP contribution in [0.25, 0.3) is 0 Å². The van der Waals surface area contributed by atoms with Gasteiger partial charge in [-0.05, 0) is 36.2 Å². The van der Waals surface area contributed by atoms with Gasteiger partial charge in [0, 0.05) is 12.6 Å². The molecule has 0 amide bonds. The summed E-state index contributed by atoms with van der Waals surface area (Å²) in [6, 6.07) is 1.88. The molecule has 1 aromatic rings. The number of aryl methyl sites for hydroxylation is 1. The Balaban J connectivity index is 2.50. The zero-order chi connectivity index (χ0) is 10.4. The second-order valence-corrected chi connectivity index (χ2v) is 3.72. The average molecular weight is 256 g/mol. The molecule has 1 heterocycles. The number of anilines is 1. The van der Waals surface area contributed by atoms with E-state index in [0.717, 1.165) is 29.2 Å². The van der Waals surface area contributed by atoms with Crippen LogP contribution in [-0.2, 0) is 0 Å². The van der Waals surface area contributed by atoms with Crippen molar-refractivity contribution in [2.45, 2.75) is 20.3 Å². The molecule has 0 saturated heterocycles. The molecular weight excluding hydrogens is 242 g/mol. The van der Waals surface area contributed by atoms with Gasteiger partial charge in [0.05, 0.1) is 0 Å². The van der Waals surface area contributed by atoms with Gasteiger partial charge in [0.25, 0.3) is 0 Å². The molecule has 4 heteroatoms. The molecule has 3 nitrogen and oxygen atoms in total. The Bertz CT molecular complexity index is 303. The minimum absolute atomic E-state index is 0.771. The summed E-state index contributed by atoms with van der Waals surface area (Å²) in [7, 11) is 0. The number of nitrogens with one attached hydrogen (secondary N) is 1. The predicted octanol–water partition coefficient (Wildman–Crippen LogP) is 2.93. The molecule has 0 unspecified atom stereocenters. The van der Waals surface area contributed by atoms with Crippen LogP contribution in [0, 0.1) is 6.92 Å². The summed E-state index contributed by atoms with van der Waals surface area (Å²) in [5.41, 5.74) is 0. The number of allylic oxidation sites excluding steroid dienone is 1. The van der Waals surface area contributed by atoms with Crippen LogP contribution in [0.2, 0.25) is 0 Å². The fourth-order valence-corrected chi connectivity index (χ4v) is 1.55. The Morgan fingerprint density at radius 2 is 2.29 bits per heavy atom. The van der Waals surface area contributed by atoms with E-state index in [2.05, 4.69) is 37.3 Å². The van der Waals surface area contributed by atoms with Crippen LogP contribution in [0.3, 0.4) is 0 Å². The summed E-state index contributed by atoms with van der Waals surface area (Å²) >= 11 is 3.33. The van der Waals surface area contributed by atoms with Gasteiger partial charge in [-0.1, -0.05) is 12.2 Å². The summed E-state index contributed by atoms with van der Waals surface area (Å²) in [6.45, 7) is 4.79. The molecule has 0 radical (unpaired) electrons. The number of hydrogen-bond donors (Lipinski definition) is 1. The number of halogens is 1. The van der Waals surface area contributed by atoms with Crippen LogP contribution in [0.5, 0.6) is 0 Å². The largest absolute Gasteiger partial charge is 0.370 e. The summed E-state index contributed by atoms with van der Waals surface area (Å²) in [5.74, 6) is 1.64. The number of hydrogen-bond acceptors (Lipinski definition) is 3. The number of aromatic nitrogens is 2. The Kier molecular flexibility index (Phi) is 4.59. The third-order valence-electron chi connectivity index (χ3n) is 1.66. The molecular formula is C10H14BrN3. The monoisotopic (exact) mass is 255 g/mol. The molecule has 0 aliphatic rings. The lowest BCUT2D eigenvalue weighted by atomic mass is 10.4. The van der Waals surface area contributed by atoms with Crippen LogP contribution in [0.15, 0.2) is 22.8 Å². The fraction of sp³-hybridized carbons (Fsp3) is 0.400. The molecule has 0 aliphatic heterocycles. The molecule has 0 aromatic carbocycles. The van der Waals surface area contributed by atoms with E-state index in [4.69, 9.17) is 0 Å². The molecule has 1 N–H and O–H groups in total. The lowest BCUT2D eigenvalue weighted by Crippen LogP contribution is -2.03.